The third-order valence-corrected chi connectivity index (χ3v) is 5.92. The smallest absolute Gasteiger partial charge is 0.212 e. The maximum Gasteiger partial charge on any atom is 0.212 e. The largest absolute Gasteiger partial charge is 0.288 e. The number of ketones is 1. The van der Waals surface area contributed by atoms with Crippen LogP contribution in [-0.2, 0) is 6.42 Å². The number of hydrogen-bond donors (Lipinski definition) is 0. The van der Waals surface area contributed by atoms with Gasteiger partial charge in [0.25, 0.3) is 0 Å². The lowest BCUT2D eigenvalue weighted by atomic mass is 10.0. The van der Waals surface area contributed by atoms with Crippen molar-refractivity contribution in [1.29, 1.82) is 0 Å². The molecule has 0 radical (unpaired) electrons. The minimum atomic E-state index is 0.0828. The average molecular weight is 373 g/mol. The molecule has 4 aromatic rings. The van der Waals surface area contributed by atoms with Gasteiger partial charge >= 0.3 is 0 Å². The van der Waals surface area contributed by atoms with Gasteiger partial charge in [0.05, 0.1) is 27.2 Å². The fourth-order valence-corrected chi connectivity index (χ4v) is 4.77. The first-order chi connectivity index (χ1) is 13.0. The number of carbonyl (C=O) groups excluding carboxylic acids is 1. The second-order valence-electron chi connectivity index (χ2n) is 7.52. The summed E-state index contributed by atoms with van der Waals surface area (Å²) in [5.74, 6) is 0.506. The van der Waals surface area contributed by atoms with E-state index in [0.717, 1.165) is 49.8 Å². The highest BCUT2D eigenvalue weighted by atomic mass is 32.1. The van der Waals surface area contributed by atoms with Crippen LogP contribution in [0.4, 0.5) is 0 Å². The summed E-state index contributed by atoms with van der Waals surface area (Å²) in [5, 5.41) is 5.66. The van der Waals surface area contributed by atoms with Crippen molar-refractivity contribution in [3.8, 4) is 16.4 Å². The van der Waals surface area contributed by atoms with Gasteiger partial charge in [0.2, 0.25) is 5.13 Å². The molecule has 0 unspecified atom stereocenters. The zero-order chi connectivity index (χ0) is 18.7. The molecule has 1 aliphatic rings. The van der Waals surface area contributed by atoms with Crippen LogP contribution < -0.4 is 0 Å². The number of aromatic nitrogens is 3. The molecule has 27 heavy (non-hydrogen) atoms. The van der Waals surface area contributed by atoms with E-state index >= 15 is 0 Å². The minimum absolute atomic E-state index is 0.0828. The molecule has 5 heteroatoms. The SMILES string of the molecule is Cc1ccc2nc(-n3nc(CC(C)C)c4c3-c3ccccc3C4=O)sc2c1. The number of hydrogen-bond acceptors (Lipinski definition) is 4. The van der Waals surface area contributed by atoms with E-state index in [1.165, 1.54) is 5.56 Å². The predicted molar refractivity (Wildman–Crippen MR) is 109 cm³/mol. The van der Waals surface area contributed by atoms with Crippen LogP contribution in [0.2, 0.25) is 0 Å². The first-order valence-corrected chi connectivity index (χ1v) is 9.98. The summed E-state index contributed by atoms with van der Waals surface area (Å²) >= 11 is 1.62. The monoisotopic (exact) mass is 373 g/mol. The minimum Gasteiger partial charge on any atom is -0.288 e. The molecule has 0 saturated carbocycles. The van der Waals surface area contributed by atoms with E-state index in [2.05, 4.69) is 32.9 Å². The molecule has 0 atom stereocenters. The van der Waals surface area contributed by atoms with E-state index in [0.29, 0.717) is 5.92 Å². The van der Waals surface area contributed by atoms with Crippen molar-refractivity contribution < 1.29 is 4.79 Å². The number of rotatable bonds is 3. The number of nitrogens with zero attached hydrogens (tertiary/aromatic N) is 3. The molecule has 2 aromatic heterocycles. The molecule has 0 spiro atoms. The quantitative estimate of drug-likeness (QED) is 0.437. The van der Waals surface area contributed by atoms with Crippen LogP contribution in [0.15, 0.2) is 42.5 Å². The molecule has 134 valence electrons. The van der Waals surface area contributed by atoms with Gasteiger partial charge in [-0.1, -0.05) is 55.5 Å². The maximum atomic E-state index is 13.1. The van der Waals surface area contributed by atoms with Crippen molar-refractivity contribution in [3.05, 3.63) is 64.8 Å². The van der Waals surface area contributed by atoms with Gasteiger partial charge < -0.3 is 0 Å². The molecule has 0 fully saturated rings. The Balaban J connectivity index is 1.78. The molecule has 0 aliphatic heterocycles. The van der Waals surface area contributed by atoms with Gasteiger partial charge in [-0.05, 0) is 37.0 Å². The van der Waals surface area contributed by atoms with Crippen LogP contribution in [0, 0.1) is 12.8 Å². The Kier molecular flexibility index (Phi) is 3.56. The van der Waals surface area contributed by atoms with Crippen molar-refractivity contribution in [2.75, 3.05) is 0 Å². The molecule has 2 heterocycles. The Morgan fingerprint density at radius 3 is 2.67 bits per heavy atom. The van der Waals surface area contributed by atoms with Crippen molar-refractivity contribution in [3.63, 3.8) is 0 Å². The Morgan fingerprint density at radius 1 is 1.11 bits per heavy atom. The van der Waals surface area contributed by atoms with Gasteiger partial charge in [-0.25, -0.2) is 9.67 Å². The zero-order valence-electron chi connectivity index (χ0n) is 15.5. The van der Waals surface area contributed by atoms with E-state index in [4.69, 9.17) is 10.1 Å². The number of carbonyl (C=O) groups is 1. The second kappa shape index (κ2) is 5.86. The van der Waals surface area contributed by atoms with Crippen molar-refractivity contribution in [2.45, 2.75) is 27.2 Å². The van der Waals surface area contributed by atoms with Gasteiger partial charge in [0.1, 0.15) is 0 Å². The van der Waals surface area contributed by atoms with Crippen molar-refractivity contribution in [2.24, 2.45) is 5.92 Å². The molecule has 4 nitrogen and oxygen atoms in total. The van der Waals surface area contributed by atoms with Crippen LogP contribution in [0.25, 0.3) is 26.6 Å². The molecule has 0 amide bonds. The standard InChI is InChI=1S/C22H19N3OS/c1-12(2)10-17-19-20(14-6-4-5-7-15(14)21(19)26)25(24-17)22-23-16-9-8-13(3)11-18(16)27-22/h4-9,11-12H,10H2,1-3H3. The number of thiazole rings is 1. The lowest BCUT2D eigenvalue weighted by molar-refractivity contribution is 0.104. The van der Waals surface area contributed by atoms with Crippen LogP contribution in [0.1, 0.15) is 41.0 Å². The molecule has 0 bridgehead atoms. The Morgan fingerprint density at radius 2 is 1.89 bits per heavy atom. The topological polar surface area (TPSA) is 47.8 Å². The van der Waals surface area contributed by atoms with Crippen LogP contribution in [0.5, 0.6) is 0 Å². The molecule has 1 aliphatic carbocycles. The van der Waals surface area contributed by atoms with Gasteiger partial charge in [0, 0.05) is 11.1 Å². The highest BCUT2D eigenvalue weighted by molar-refractivity contribution is 7.20. The van der Waals surface area contributed by atoms with E-state index in [1.807, 2.05) is 35.0 Å². The highest BCUT2D eigenvalue weighted by Crippen LogP contribution is 2.41. The fraction of sp³-hybridized carbons (Fsp3) is 0.227. The van der Waals surface area contributed by atoms with Gasteiger partial charge in [-0.3, -0.25) is 4.79 Å². The van der Waals surface area contributed by atoms with Crippen LogP contribution >= 0.6 is 11.3 Å². The molecular formula is C22H19N3OS. The predicted octanol–water partition coefficient (Wildman–Crippen LogP) is 5.20. The fourth-order valence-electron chi connectivity index (χ4n) is 3.75. The molecule has 0 saturated heterocycles. The number of fused-ring (bicyclic) bond motifs is 4. The number of benzene rings is 2. The van der Waals surface area contributed by atoms with Gasteiger partial charge in [-0.15, -0.1) is 0 Å². The molecule has 2 aromatic carbocycles. The Hall–Kier alpha value is -2.79. The third kappa shape index (κ3) is 2.46. The van der Waals surface area contributed by atoms with Gasteiger partial charge in [-0.2, -0.15) is 5.10 Å². The van der Waals surface area contributed by atoms with E-state index in [-0.39, 0.29) is 5.78 Å². The van der Waals surface area contributed by atoms with E-state index in [1.54, 1.807) is 11.3 Å². The summed E-state index contributed by atoms with van der Waals surface area (Å²) in [6, 6.07) is 14.1. The normalized spacial score (nSPS) is 12.8. The Bertz CT molecular complexity index is 1220. The summed E-state index contributed by atoms with van der Waals surface area (Å²) < 4.78 is 3.02. The first kappa shape index (κ1) is 16.4. The van der Waals surface area contributed by atoms with Crippen molar-refractivity contribution in [1.82, 2.24) is 14.8 Å². The van der Waals surface area contributed by atoms with Crippen LogP contribution in [-0.4, -0.2) is 20.5 Å². The number of aryl methyl sites for hydroxylation is 1. The molecule has 5 rings (SSSR count). The maximum absolute atomic E-state index is 13.1. The van der Waals surface area contributed by atoms with Gasteiger partial charge in [0.15, 0.2) is 5.78 Å². The highest BCUT2D eigenvalue weighted by Gasteiger charge is 2.35. The Labute approximate surface area is 161 Å². The molecular weight excluding hydrogens is 354 g/mol. The van der Waals surface area contributed by atoms with E-state index in [9.17, 15) is 4.79 Å². The van der Waals surface area contributed by atoms with Crippen molar-refractivity contribution >= 4 is 27.3 Å². The first-order valence-electron chi connectivity index (χ1n) is 9.16. The second-order valence-corrected chi connectivity index (χ2v) is 8.53. The average Bonchev–Trinajstić information content (AvgIpc) is 3.28. The third-order valence-electron chi connectivity index (χ3n) is 4.93. The lowest BCUT2D eigenvalue weighted by Crippen LogP contribution is -2.04. The lowest BCUT2D eigenvalue weighted by Gasteiger charge is -2.04. The summed E-state index contributed by atoms with van der Waals surface area (Å²) in [7, 11) is 0. The summed E-state index contributed by atoms with van der Waals surface area (Å²) in [4.78, 5) is 17.9. The molecule has 0 N–H and O–H groups in total. The summed E-state index contributed by atoms with van der Waals surface area (Å²) in [5.41, 5.74) is 6.41. The zero-order valence-corrected chi connectivity index (χ0v) is 16.3. The summed E-state index contributed by atoms with van der Waals surface area (Å²) in [6.07, 6.45) is 0.777. The van der Waals surface area contributed by atoms with E-state index < -0.39 is 0 Å². The summed E-state index contributed by atoms with van der Waals surface area (Å²) in [6.45, 7) is 6.39. The van der Waals surface area contributed by atoms with Crippen LogP contribution in [0.3, 0.4) is 0 Å².